The third-order valence-electron chi connectivity index (χ3n) is 2.88. The van der Waals surface area contributed by atoms with Crippen LogP contribution in [-0.2, 0) is 6.42 Å². The first kappa shape index (κ1) is 10.6. The molecule has 1 aromatic heterocycles. The highest BCUT2D eigenvalue weighted by Crippen LogP contribution is 2.24. The van der Waals surface area contributed by atoms with Crippen LogP contribution < -0.4 is 5.32 Å². The SMILES string of the molecule is OCCCc1nc(C2CCNCC2)co1. The lowest BCUT2D eigenvalue weighted by Crippen LogP contribution is -2.26. The maximum absolute atomic E-state index is 8.71. The maximum atomic E-state index is 8.71. The molecule has 1 aromatic rings. The molecule has 2 rings (SSSR count). The monoisotopic (exact) mass is 210 g/mol. The van der Waals surface area contributed by atoms with Crippen molar-refractivity contribution < 1.29 is 9.52 Å². The molecule has 1 fully saturated rings. The molecule has 0 saturated carbocycles. The standard InChI is InChI=1S/C11H18N2O2/c14-7-1-2-11-13-10(8-15-11)9-3-5-12-6-4-9/h8-9,12,14H,1-7H2. The fourth-order valence-corrected chi connectivity index (χ4v) is 1.98. The van der Waals surface area contributed by atoms with E-state index < -0.39 is 0 Å². The van der Waals surface area contributed by atoms with Gasteiger partial charge in [0.25, 0.3) is 0 Å². The van der Waals surface area contributed by atoms with E-state index in [1.807, 2.05) is 0 Å². The molecule has 0 spiro atoms. The van der Waals surface area contributed by atoms with Gasteiger partial charge in [0.2, 0.25) is 0 Å². The smallest absolute Gasteiger partial charge is 0.194 e. The average molecular weight is 210 g/mol. The molecule has 4 nitrogen and oxygen atoms in total. The maximum Gasteiger partial charge on any atom is 0.194 e. The van der Waals surface area contributed by atoms with E-state index in [9.17, 15) is 0 Å². The Bertz CT molecular complexity index is 293. The van der Waals surface area contributed by atoms with E-state index in [2.05, 4.69) is 10.3 Å². The van der Waals surface area contributed by atoms with Crippen molar-refractivity contribution in [3.8, 4) is 0 Å². The molecule has 4 heteroatoms. The van der Waals surface area contributed by atoms with E-state index in [4.69, 9.17) is 9.52 Å². The number of oxazole rings is 1. The van der Waals surface area contributed by atoms with Gasteiger partial charge in [0.1, 0.15) is 6.26 Å². The largest absolute Gasteiger partial charge is 0.449 e. The van der Waals surface area contributed by atoms with Gasteiger partial charge in [0.15, 0.2) is 5.89 Å². The third kappa shape index (κ3) is 2.79. The first-order valence-electron chi connectivity index (χ1n) is 5.66. The van der Waals surface area contributed by atoms with Crippen molar-refractivity contribution >= 4 is 0 Å². The Labute approximate surface area is 89.7 Å². The highest BCUT2D eigenvalue weighted by Gasteiger charge is 2.18. The minimum absolute atomic E-state index is 0.199. The summed E-state index contributed by atoms with van der Waals surface area (Å²) in [6, 6.07) is 0. The molecule has 0 aromatic carbocycles. The molecule has 0 unspecified atom stereocenters. The van der Waals surface area contributed by atoms with Crippen LogP contribution in [0.25, 0.3) is 0 Å². The number of piperidine rings is 1. The Balaban J connectivity index is 1.93. The number of hydrogen-bond acceptors (Lipinski definition) is 4. The number of aryl methyl sites for hydroxylation is 1. The summed E-state index contributed by atoms with van der Waals surface area (Å²) in [6.45, 7) is 2.35. The predicted molar refractivity (Wildman–Crippen MR) is 56.8 cm³/mol. The molecule has 84 valence electrons. The lowest BCUT2D eigenvalue weighted by atomic mass is 9.95. The van der Waals surface area contributed by atoms with Crippen molar-refractivity contribution in [2.75, 3.05) is 19.7 Å². The Morgan fingerprint density at radius 3 is 3.00 bits per heavy atom. The second-order valence-electron chi connectivity index (χ2n) is 4.02. The van der Waals surface area contributed by atoms with E-state index in [1.165, 1.54) is 0 Å². The quantitative estimate of drug-likeness (QED) is 0.780. The van der Waals surface area contributed by atoms with E-state index in [1.54, 1.807) is 6.26 Å². The lowest BCUT2D eigenvalue weighted by molar-refractivity contribution is 0.283. The van der Waals surface area contributed by atoms with Crippen molar-refractivity contribution in [1.82, 2.24) is 10.3 Å². The van der Waals surface area contributed by atoms with E-state index >= 15 is 0 Å². The summed E-state index contributed by atoms with van der Waals surface area (Å²) in [5.41, 5.74) is 1.09. The van der Waals surface area contributed by atoms with Crippen molar-refractivity contribution in [1.29, 1.82) is 0 Å². The zero-order valence-corrected chi connectivity index (χ0v) is 8.91. The molecule has 0 aliphatic carbocycles. The van der Waals surface area contributed by atoms with Gasteiger partial charge >= 0.3 is 0 Å². The van der Waals surface area contributed by atoms with Crippen molar-refractivity contribution in [3.63, 3.8) is 0 Å². The fourth-order valence-electron chi connectivity index (χ4n) is 1.98. The summed E-state index contributed by atoms with van der Waals surface area (Å²) in [4.78, 5) is 4.47. The number of rotatable bonds is 4. The van der Waals surface area contributed by atoms with Gasteiger partial charge in [-0.25, -0.2) is 4.98 Å². The van der Waals surface area contributed by atoms with Gasteiger partial charge in [-0.1, -0.05) is 0 Å². The van der Waals surface area contributed by atoms with Gasteiger partial charge in [-0.05, 0) is 32.4 Å². The molecule has 2 heterocycles. The van der Waals surface area contributed by atoms with Gasteiger partial charge < -0.3 is 14.8 Å². The topological polar surface area (TPSA) is 58.3 Å². The summed E-state index contributed by atoms with van der Waals surface area (Å²) in [5, 5.41) is 12.0. The number of aliphatic hydroxyl groups is 1. The highest BCUT2D eigenvalue weighted by atomic mass is 16.3. The number of nitrogens with one attached hydrogen (secondary N) is 1. The van der Waals surface area contributed by atoms with Gasteiger partial charge in [-0.2, -0.15) is 0 Å². The Hall–Kier alpha value is -0.870. The first-order valence-corrected chi connectivity index (χ1v) is 5.66. The van der Waals surface area contributed by atoms with Crippen molar-refractivity contribution in [2.24, 2.45) is 0 Å². The molecule has 0 bridgehead atoms. The Morgan fingerprint density at radius 2 is 2.27 bits per heavy atom. The number of nitrogens with zero attached hydrogens (tertiary/aromatic N) is 1. The van der Waals surface area contributed by atoms with Crippen LogP contribution >= 0.6 is 0 Å². The lowest BCUT2D eigenvalue weighted by Gasteiger charge is -2.20. The molecule has 0 amide bonds. The van der Waals surface area contributed by atoms with Gasteiger partial charge in [0.05, 0.1) is 5.69 Å². The van der Waals surface area contributed by atoms with Crippen LogP contribution in [0.2, 0.25) is 0 Å². The molecule has 0 atom stereocenters. The van der Waals surface area contributed by atoms with Crippen molar-refractivity contribution in [3.05, 3.63) is 17.8 Å². The summed E-state index contributed by atoms with van der Waals surface area (Å²) < 4.78 is 5.38. The predicted octanol–water partition coefficient (Wildman–Crippen LogP) is 1.07. The summed E-state index contributed by atoms with van der Waals surface area (Å²) >= 11 is 0. The van der Waals surface area contributed by atoms with Gasteiger partial charge in [-0.15, -0.1) is 0 Å². The number of aliphatic hydroxyl groups excluding tert-OH is 1. The minimum Gasteiger partial charge on any atom is -0.449 e. The van der Waals surface area contributed by atoms with Crippen LogP contribution in [0.5, 0.6) is 0 Å². The van der Waals surface area contributed by atoms with Gasteiger partial charge in [-0.3, -0.25) is 0 Å². The molecule has 0 radical (unpaired) electrons. The average Bonchev–Trinajstić information content (AvgIpc) is 2.76. The van der Waals surface area contributed by atoms with Crippen LogP contribution in [0, 0.1) is 0 Å². The zero-order chi connectivity index (χ0) is 10.5. The van der Waals surface area contributed by atoms with Crippen LogP contribution in [0.4, 0.5) is 0 Å². The van der Waals surface area contributed by atoms with Gasteiger partial charge in [0, 0.05) is 18.9 Å². The molecule has 15 heavy (non-hydrogen) atoms. The van der Waals surface area contributed by atoms with E-state index in [0.717, 1.165) is 50.4 Å². The van der Waals surface area contributed by atoms with Crippen LogP contribution in [0.3, 0.4) is 0 Å². The molecule has 1 aliphatic heterocycles. The second-order valence-corrected chi connectivity index (χ2v) is 4.02. The number of hydrogen-bond donors (Lipinski definition) is 2. The van der Waals surface area contributed by atoms with Crippen LogP contribution in [0.1, 0.15) is 36.8 Å². The Morgan fingerprint density at radius 1 is 1.47 bits per heavy atom. The molecular weight excluding hydrogens is 192 g/mol. The summed E-state index contributed by atoms with van der Waals surface area (Å²) in [5.74, 6) is 1.32. The zero-order valence-electron chi connectivity index (χ0n) is 8.91. The van der Waals surface area contributed by atoms with E-state index in [-0.39, 0.29) is 6.61 Å². The van der Waals surface area contributed by atoms with E-state index in [0.29, 0.717) is 5.92 Å². The van der Waals surface area contributed by atoms with Crippen LogP contribution in [-0.4, -0.2) is 29.8 Å². The first-order chi connectivity index (χ1) is 7.40. The minimum atomic E-state index is 0.199. The second kappa shape index (κ2) is 5.28. The highest BCUT2D eigenvalue weighted by molar-refractivity contribution is 5.05. The summed E-state index contributed by atoms with van der Waals surface area (Å²) in [7, 11) is 0. The summed E-state index contributed by atoms with van der Waals surface area (Å²) in [6.07, 6.45) is 5.54. The molecule has 2 N–H and O–H groups in total. The molecule has 1 aliphatic rings. The number of aromatic nitrogens is 1. The molecular formula is C11H18N2O2. The third-order valence-corrected chi connectivity index (χ3v) is 2.88. The molecule has 1 saturated heterocycles. The van der Waals surface area contributed by atoms with Crippen LogP contribution in [0.15, 0.2) is 10.7 Å². The Kier molecular flexibility index (Phi) is 3.75. The fraction of sp³-hybridized carbons (Fsp3) is 0.727. The van der Waals surface area contributed by atoms with Crippen molar-refractivity contribution in [2.45, 2.75) is 31.6 Å². The normalized spacial score (nSPS) is 18.2.